The van der Waals surface area contributed by atoms with E-state index in [0.717, 1.165) is 48.2 Å². The van der Waals surface area contributed by atoms with Gasteiger partial charge in [0.1, 0.15) is 11.9 Å². The molecule has 0 saturated carbocycles. The number of phenolic OH excluding ortho intramolecular Hbond substituents is 1. The lowest BCUT2D eigenvalue weighted by Gasteiger charge is -2.42. The molecule has 2 aromatic rings. The Morgan fingerprint density at radius 3 is 2.51 bits per heavy atom. The molecule has 0 radical (unpaired) electrons. The highest BCUT2D eigenvalue weighted by Crippen LogP contribution is 2.46. The molecule has 45 heavy (non-hydrogen) atoms. The third-order valence-corrected chi connectivity index (χ3v) is 9.36. The molecule has 252 valence electrons. The third kappa shape index (κ3) is 7.76. The first-order valence-electron chi connectivity index (χ1n) is 16.0. The summed E-state index contributed by atoms with van der Waals surface area (Å²) in [7, 11) is 3.39. The van der Waals surface area contributed by atoms with Crippen LogP contribution in [0.1, 0.15) is 81.3 Å². The molecule has 0 spiro atoms. The van der Waals surface area contributed by atoms with Gasteiger partial charge in [-0.05, 0) is 79.3 Å². The molecule has 8 unspecified atom stereocenters. The molecule has 10 heteroatoms. The Morgan fingerprint density at radius 2 is 1.84 bits per heavy atom. The zero-order chi connectivity index (χ0) is 31.5. The summed E-state index contributed by atoms with van der Waals surface area (Å²) < 4.78 is 28.9. The molecule has 8 atom stereocenters. The molecule has 4 heterocycles. The highest BCUT2D eigenvalue weighted by atomic mass is 16.7. The van der Waals surface area contributed by atoms with E-state index in [1.54, 1.807) is 14.2 Å². The van der Waals surface area contributed by atoms with Gasteiger partial charge in [0.05, 0.1) is 25.4 Å². The Kier molecular flexibility index (Phi) is 12.1. The van der Waals surface area contributed by atoms with E-state index >= 15 is 0 Å². The fourth-order valence-corrected chi connectivity index (χ4v) is 7.00. The zero-order valence-corrected chi connectivity index (χ0v) is 26.6. The molecule has 4 N–H and O–H groups in total. The van der Waals surface area contributed by atoms with Crippen LogP contribution in [0.4, 0.5) is 0 Å². The Hall–Kier alpha value is -2.44. The molecule has 0 bridgehead atoms. The number of nitrogens with zero attached hydrogens (tertiary/aromatic N) is 1. The predicted molar refractivity (Wildman–Crippen MR) is 171 cm³/mol. The van der Waals surface area contributed by atoms with Crippen LogP contribution in [-0.4, -0.2) is 89.7 Å². The SMILES string of the molecule is C.CC.COc1ccc2c(c1OC1CC(OC)CC(C)O1)CN1CCc3cc(CC(CO)CC(O)C4OC4O)c(O)cc3C1C2. The topological polar surface area (TPSA) is 134 Å². The van der Waals surface area contributed by atoms with Gasteiger partial charge in [0, 0.05) is 44.8 Å². The minimum Gasteiger partial charge on any atom is -0.508 e. The van der Waals surface area contributed by atoms with Gasteiger partial charge in [0.25, 0.3) is 0 Å². The summed E-state index contributed by atoms with van der Waals surface area (Å²) >= 11 is 0. The minimum atomic E-state index is -0.934. The Morgan fingerprint density at radius 1 is 1.09 bits per heavy atom. The van der Waals surface area contributed by atoms with Gasteiger partial charge in [-0.1, -0.05) is 33.4 Å². The largest absolute Gasteiger partial charge is 0.508 e. The van der Waals surface area contributed by atoms with E-state index in [9.17, 15) is 20.4 Å². The maximum Gasteiger partial charge on any atom is 0.202 e. The Balaban J connectivity index is 0.00000151. The lowest BCUT2D eigenvalue weighted by atomic mass is 9.82. The quantitative estimate of drug-likeness (QED) is 0.282. The van der Waals surface area contributed by atoms with Gasteiger partial charge in [-0.25, -0.2) is 0 Å². The average molecular weight is 632 g/mol. The molecular weight excluding hydrogens is 578 g/mol. The molecule has 2 aromatic carbocycles. The summed E-state index contributed by atoms with van der Waals surface area (Å²) in [6.45, 7) is 7.47. The van der Waals surface area contributed by atoms with Gasteiger partial charge < -0.3 is 44.1 Å². The van der Waals surface area contributed by atoms with Gasteiger partial charge >= 0.3 is 0 Å². The number of aliphatic hydroxyl groups is 3. The van der Waals surface area contributed by atoms with Crippen molar-refractivity contribution in [1.29, 1.82) is 0 Å². The van der Waals surface area contributed by atoms with Crippen molar-refractivity contribution in [2.75, 3.05) is 27.4 Å². The van der Waals surface area contributed by atoms with Crippen LogP contribution < -0.4 is 9.47 Å². The second-order valence-corrected chi connectivity index (χ2v) is 12.2. The normalized spacial score (nSPS) is 28.2. The number of aliphatic hydroxyl groups excluding tert-OH is 3. The van der Waals surface area contributed by atoms with E-state index < -0.39 is 24.8 Å². The molecule has 2 fully saturated rings. The molecule has 4 aliphatic rings. The maximum absolute atomic E-state index is 11.1. The number of rotatable bonds is 10. The fourth-order valence-electron chi connectivity index (χ4n) is 7.00. The van der Waals surface area contributed by atoms with E-state index in [2.05, 4.69) is 17.0 Å². The summed E-state index contributed by atoms with van der Waals surface area (Å²) in [5.74, 6) is 1.36. The molecule has 4 aliphatic heterocycles. The summed E-state index contributed by atoms with van der Waals surface area (Å²) in [4.78, 5) is 2.44. The van der Waals surface area contributed by atoms with Crippen molar-refractivity contribution in [3.8, 4) is 17.2 Å². The van der Waals surface area contributed by atoms with Gasteiger partial charge in [-0.3, -0.25) is 4.90 Å². The van der Waals surface area contributed by atoms with Crippen molar-refractivity contribution in [2.24, 2.45) is 5.92 Å². The van der Waals surface area contributed by atoms with Crippen LogP contribution in [0.3, 0.4) is 0 Å². The van der Waals surface area contributed by atoms with Gasteiger partial charge in [0.15, 0.2) is 17.8 Å². The number of epoxide rings is 1. The van der Waals surface area contributed by atoms with Crippen molar-refractivity contribution in [1.82, 2.24) is 4.90 Å². The van der Waals surface area contributed by atoms with Crippen LogP contribution in [0.5, 0.6) is 17.2 Å². The standard InChI is InChI=1S/C32H43NO9.C2H6.CH4/c1-17-8-22(38-2)13-29(40-17)41-30-24-15-33-7-6-20-11-21(9-18(16-34)10-27(36)31-32(37)42-31)26(35)14-23(20)25(33)12-19(24)4-5-28(30)39-3;1-2;/h4-5,11,14,17-18,22,25,27,29,31-32,34-37H,6-10,12-13,15-16H2,1-3H3;1-2H3;1H4. The maximum atomic E-state index is 11.1. The highest BCUT2D eigenvalue weighted by Gasteiger charge is 2.44. The first kappa shape index (κ1) is 35.4. The summed E-state index contributed by atoms with van der Waals surface area (Å²) in [5.41, 5.74) is 5.38. The minimum absolute atomic E-state index is 0. The van der Waals surface area contributed by atoms with Crippen LogP contribution in [-0.2, 0) is 40.0 Å². The number of aromatic hydroxyl groups is 1. The fraction of sp³-hybridized carbons (Fsp3) is 0.657. The average Bonchev–Trinajstić information content (AvgIpc) is 3.77. The molecule has 0 aliphatic carbocycles. The molecular formula is C35H53NO9. The number of methoxy groups -OCH3 is 2. The molecule has 6 rings (SSSR count). The van der Waals surface area contributed by atoms with E-state index in [0.29, 0.717) is 25.1 Å². The van der Waals surface area contributed by atoms with Crippen molar-refractivity contribution < 1.29 is 44.1 Å². The number of benzene rings is 2. The summed E-state index contributed by atoms with van der Waals surface area (Å²) in [6, 6.07) is 8.14. The number of fused-ring (bicyclic) bond motifs is 4. The summed E-state index contributed by atoms with van der Waals surface area (Å²) in [5, 5.41) is 40.7. The first-order valence-corrected chi connectivity index (χ1v) is 16.0. The predicted octanol–water partition coefficient (Wildman–Crippen LogP) is 4.26. The van der Waals surface area contributed by atoms with E-state index in [1.807, 2.05) is 32.9 Å². The van der Waals surface area contributed by atoms with E-state index in [1.165, 1.54) is 11.1 Å². The van der Waals surface area contributed by atoms with Crippen molar-refractivity contribution in [2.45, 2.75) is 116 Å². The second kappa shape index (κ2) is 15.4. The van der Waals surface area contributed by atoms with Crippen LogP contribution in [0.25, 0.3) is 0 Å². The van der Waals surface area contributed by atoms with Crippen LogP contribution in [0.15, 0.2) is 24.3 Å². The number of hydrogen-bond acceptors (Lipinski definition) is 10. The van der Waals surface area contributed by atoms with Crippen LogP contribution >= 0.6 is 0 Å². The lowest BCUT2D eigenvalue weighted by molar-refractivity contribution is -0.176. The van der Waals surface area contributed by atoms with Crippen molar-refractivity contribution in [3.63, 3.8) is 0 Å². The molecule has 10 nitrogen and oxygen atoms in total. The molecule has 2 saturated heterocycles. The van der Waals surface area contributed by atoms with Crippen molar-refractivity contribution >= 4 is 0 Å². The monoisotopic (exact) mass is 631 g/mol. The highest BCUT2D eigenvalue weighted by molar-refractivity contribution is 5.54. The van der Waals surface area contributed by atoms with Crippen molar-refractivity contribution in [3.05, 3.63) is 52.1 Å². The number of ether oxygens (including phenoxy) is 5. The molecule has 0 aromatic heterocycles. The third-order valence-electron chi connectivity index (χ3n) is 9.36. The Bertz CT molecular complexity index is 1270. The zero-order valence-electron chi connectivity index (χ0n) is 26.6. The second-order valence-electron chi connectivity index (χ2n) is 12.2. The van der Waals surface area contributed by atoms with Gasteiger partial charge in [0.2, 0.25) is 6.29 Å². The van der Waals surface area contributed by atoms with E-state index in [-0.39, 0.29) is 50.4 Å². The van der Waals surface area contributed by atoms with Gasteiger partial charge in [-0.2, -0.15) is 0 Å². The van der Waals surface area contributed by atoms with Crippen LogP contribution in [0.2, 0.25) is 0 Å². The first-order chi connectivity index (χ1) is 21.3. The number of hydrogen-bond donors (Lipinski definition) is 4. The van der Waals surface area contributed by atoms with Crippen LogP contribution in [0, 0.1) is 5.92 Å². The number of phenols is 1. The van der Waals surface area contributed by atoms with E-state index in [4.69, 9.17) is 23.7 Å². The molecule has 0 amide bonds. The smallest absolute Gasteiger partial charge is 0.202 e. The Labute approximate surface area is 267 Å². The van der Waals surface area contributed by atoms with Gasteiger partial charge in [-0.15, -0.1) is 0 Å². The lowest BCUT2D eigenvalue weighted by Crippen LogP contribution is -2.41. The summed E-state index contributed by atoms with van der Waals surface area (Å²) in [6.07, 6.45) is 1.15.